The van der Waals surface area contributed by atoms with E-state index >= 15 is 0 Å². The van der Waals surface area contributed by atoms with Gasteiger partial charge in [0, 0.05) is 18.5 Å². The Bertz CT molecular complexity index is 828. The van der Waals surface area contributed by atoms with Crippen LogP contribution in [0.2, 0.25) is 0 Å². The van der Waals surface area contributed by atoms with Gasteiger partial charge in [0.2, 0.25) is 10.0 Å². The van der Waals surface area contributed by atoms with E-state index in [1.165, 1.54) is 6.07 Å². The van der Waals surface area contributed by atoms with Crippen molar-refractivity contribution < 1.29 is 17.2 Å². The van der Waals surface area contributed by atoms with E-state index in [9.17, 15) is 17.2 Å². The van der Waals surface area contributed by atoms with Gasteiger partial charge >= 0.3 is 0 Å². The fourth-order valence-electron chi connectivity index (χ4n) is 3.19. The highest BCUT2D eigenvalue weighted by molar-refractivity contribution is 7.88. The molecule has 4 nitrogen and oxygen atoms in total. The normalized spacial score (nSPS) is 21.2. The van der Waals surface area contributed by atoms with Gasteiger partial charge in [-0.2, -0.15) is 0 Å². The number of hydrogen-bond acceptors (Lipinski definition) is 3. The van der Waals surface area contributed by atoms with Gasteiger partial charge in [0.15, 0.2) is 11.6 Å². The first kappa shape index (κ1) is 18.0. The summed E-state index contributed by atoms with van der Waals surface area (Å²) in [5, 5.41) is 3.15. The highest BCUT2D eigenvalue weighted by atomic mass is 32.2. The summed E-state index contributed by atoms with van der Waals surface area (Å²) in [5.41, 5.74) is 1.30. The van der Waals surface area contributed by atoms with Gasteiger partial charge in [-0.3, -0.25) is 0 Å². The molecule has 2 atom stereocenters. The number of halogens is 2. The molecule has 2 aromatic rings. The van der Waals surface area contributed by atoms with Crippen molar-refractivity contribution in [3.63, 3.8) is 0 Å². The summed E-state index contributed by atoms with van der Waals surface area (Å²) >= 11 is 0. The Hall–Kier alpha value is -1.83. The summed E-state index contributed by atoms with van der Waals surface area (Å²) in [7, 11) is -3.55. The molecule has 134 valence electrons. The van der Waals surface area contributed by atoms with Gasteiger partial charge in [0.05, 0.1) is 5.75 Å². The lowest BCUT2D eigenvalue weighted by Crippen LogP contribution is -2.50. The van der Waals surface area contributed by atoms with E-state index in [1.807, 2.05) is 6.07 Å². The molecule has 3 rings (SSSR count). The third kappa shape index (κ3) is 4.62. The van der Waals surface area contributed by atoms with Crippen LogP contribution in [0.1, 0.15) is 23.5 Å². The van der Waals surface area contributed by atoms with Crippen molar-refractivity contribution in [3.05, 3.63) is 71.3 Å². The van der Waals surface area contributed by atoms with Crippen LogP contribution in [0.15, 0.2) is 48.5 Å². The SMILES string of the molecule is O=S(=O)(Cc1ccccc1)NC1CNCCC1c1ccc(F)c(F)c1. The van der Waals surface area contributed by atoms with Crippen LogP contribution in [-0.2, 0) is 15.8 Å². The van der Waals surface area contributed by atoms with Crippen molar-refractivity contribution in [2.75, 3.05) is 13.1 Å². The predicted molar refractivity (Wildman–Crippen MR) is 92.6 cm³/mol. The van der Waals surface area contributed by atoms with Gasteiger partial charge in [0.1, 0.15) is 0 Å². The van der Waals surface area contributed by atoms with Gasteiger partial charge in [-0.05, 0) is 36.2 Å². The van der Waals surface area contributed by atoms with Gasteiger partial charge in [-0.1, -0.05) is 36.4 Å². The van der Waals surface area contributed by atoms with Crippen molar-refractivity contribution in [2.24, 2.45) is 0 Å². The summed E-state index contributed by atoms with van der Waals surface area (Å²) in [4.78, 5) is 0. The third-order valence-electron chi connectivity index (χ3n) is 4.38. The molecule has 0 aromatic heterocycles. The lowest BCUT2D eigenvalue weighted by atomic mass is 9.86. The zero-order valence-electron chi connectivity index (χ0n) is 13.6. The average molecular weight is 366 g/mol. The summed E-state index contributed by atoms with van der Waals surface area (Å²) in [6, 6.07) is 12.3. The number of rotatable bonds is 5. The van der Waals surface area contributed by atoms with Gasteiger partial charge in [0.25, 0.3) is 0 Å². The van der Waals surface area contributed by atoms with E-state index in [2.05, 4.69) is 10.0 Å². The molecule has 1 saturated heterocycles. The Kier molecular flexibility index (Phi) is 5.46. The Labute approximate surface area is 146 Å². The number of benzene rings is 2. The summed E-state index contributed by atoms with van der Waals surface area (Å²) in [6.07, 6.45) is 0.642. The van der Waals surface area contributed by atoms with Crippen LogP contribution < -0.4 is 10.0 Å². The molecule has 0 spiro atoms. The Morgan fingerprint density at radius 3 is 2.56 bits per heavy atom. The largest absolute Gasteiger partial charge is 0.315 e. The molecular formula is C18H20F2N2O2S. The maximum absolute atomic E-state index is 13.6. The Morgan fingerprint density at radius 1 is 1.08 bits per heavy atom. The first-order chi connectivity index (χ1) is 11.9. The zero-order valence-corrected chi connectivity index (χ0v) is 14.4. The number of sulfonamides is 1. The molecular weight excluding hydrogens is 346 g/mol. The van der Waals surface area contributed by atoms with Crippen molar-refractivity contribution in [3.8, 4) is 0 Å². The Balaban J connectivity index is 1.77. The Morgan fingerprint density at radius 2 is 1.84 bits per heavy atom. The third-order valence-corrected chi connectivity index (χ3v) is 5.76. The monoisotopic (exact) mass is 366 g/mol. The second-order valence-electron chi connectivity index (χ2n) is 6.24. The summed E-state index contributed by atoms with van der Waals surface area (Å²) in [5.74, 6) is -2.14. The van der Waals surface area contributed by atoms with Crippen LogP contribution in [0.5, 0.6) is 0 Å². The molecule has 25 heavy (non-hydrogen) atoms. The molecule has 0 radical (unpaired) electrons. The molecule has 0 bridgehead atoms. The van der Waals surface area contributed by atoms with E-state index < -0.39 is 27.7 Å². The van der Waals surface area contributed by atoms with E-state index in [0.717, 1.165) is 12.1 Å². The van der Waals surface area contributed by atoms with Crippen molar-refractivity contribution in [1.82, 2.24) is 10.0 Å². The van der Waals surface area contributed by atoms with Crippen LogP contribution >= 0.6 is 0 Å². The van der Waals surface area contributed by atoms with Gasteiger partial charge in [-0.25, -0.2) is 21.9 Å². The molecule has 2 unspecified atom stereocenters. The number of hydrogen-bond donors (Lipinski definition) is 2. The van der Waals surface area contributed by atoms with Crippen molar-refractivity contribution >= 4 is 10.0 Å². The van der Waals surface area contributed by atoms with Crippen LogP contribution in [-0.4, -0.2) is 27.5 Å². The molecule has 0 amide bonds. The predicted octanol–water partition coefficient (Wildman–Crippen LogP) is 2.53. The number of piperidine rings is 1. The van der Waals surface area contributed by atoms with Crippen LogP contribution in [0.3, 0.4) is 0 Å². The van der Waals surface area contributed by atoms with E-state index in [-0.39, 0.29) is 11.7 Å². The van der Waals surface area contributed by atoms with E-state index in [4.69, 9.17) is 0 Å². The van der Waals surface area contributed by atoms with Gasteiger partial charge in [-0.15, -0.1) is 0 Å². The van der Waals surface area contributed by atoms with Crippen molar-refractivity contribution in [2.45, 2.75) is 24.1 Å². The quantitative estimate of drug-likeness (QED) is 0.855. The summed E-state index contributed by atoms with van der Waals surface area (Å²) in [6.45, 7) is 1.14. The molecule has 0 aliphatic carbocycles. The average Bonchev–Trinajstić information content (AvgIpc) is 2.58. The first-order valence-electron chi connectivity index (χ1n) is 8.14. The van der Waals surface area contributed by atoms with Crippen LogP contribution in [0, 0.1) is 11.6 Å². The maximum Gasteiger partial charge on any atom is 0.216 e. The van der Waals surface area contributed by atoms with E-state index in [1.54, 1.807) is 24.3 Å². The van der Waals surface area contributed by atoms with Crippen molar-refractivity contribution in [1.29, 1.82) is 0 Å². The molecule has 1 aliphatic heterocycles. The molecule has 2 N–H and O–H groups in total. The molecule has 2 aromatic carbocycles. The smallest absolute Gasteiger partial charge is 0.216 e. The minimum absolute atomic E-state index is 0.116. The van der Waals surface area contributed by atoms with Crippen LogP contribution in [0.4, 0.5) is 8.78 Å². The molecule has 0 saturated carbocycles. The minimum Gasteiger partial charge on any atom is -0.315 e. The molecule has 1 fully saturated rings. The highest BCUT2D eigenvalue weighted by Gasteiger charge is 2.30. The lowest BCUT2D eigenvalue weighted by molar-refractivity contribution is 0.376. The lowest BCUT2D eigenvalue weighted by Gasteiger charge is -2.33. The second kappa shape index (κ2) is 7.59. The standard InChI is InChI=1S/C18H20F2N2O2S/c19-16-7-6-14(10-17(16)20)15-8-9-21-11-18(15)22-25(23,24)12-13-4-2-1-3-5-13/h1-7,10,15,18,21-22H,8-9,11-12H2. The maximum atomic E-state index is 13.6. The number of nitrogens with one attached hydrogen (secondary N) is 2. The van der Waals surface area contributed by atoms with Crippen LogP contribution in [0.25, 0.3) is 0 Å². The van der Waals surface area contributed by atoms with E-state index in [0.29, 0.717) is 30.6 Å². The molecule has 7 heteroatoms. The summed E-state index contributed by atoms with van der Waals surface area (Å²) < 4.78 is 54.4. The second-order valence-corrected chi connectivity index (χ2v) is 8.00. The molecule has 1 aliphatic rings. The topological polar surface area (TPSA) is 58.2 Å². The fourth-order valence-corrected chi connectivity index (χ4v) is 4.61. The first-order valence-corrected chi connectivity index (χ1v) is 9.79. The molecule has 1 heterocycles. The minimum atomic E-state index is -3.55. The van der Waals surface area contributed by atoms with Gasteiger partial charge < -0.3 is 5.32 Å². The fraction of sp³-hybridized carbons (Fsp3) is 0.333. The zero-order chi connectivity index (χ0) is 17.9. The highest BCUT2D eigenvalue weighted by Crippen LogP contribution is 2.27.